The normalized spacial score (nSPS) is 12.1. The van der Waals surface area contributed by atoms with Gasteiger partial charge < -0.3 is 15.0 Å². The zero-order valence-corrected chi connectivity index (χ0v) is 22.7. The molecule has 1 N–H and O–H groups in total. The number of nitrogens with one attached hydrogen (secondary N) is 1. The van der Waals surface area contributed by atoms with Crippen LogP contribution in [0.2, 0.25) is 15.1 Å². The van der Waals surface area contributed by atoms with Gasteiger partial charge in [-0.25, -0.2) is 0 Å². The predicted octanol–water partition coefficient (Wildman–Crippen LogP) is 6.58. The van der Waals surface area contributed by atoms with Crippen LogP contribution >= 0.6 is 34.8 Å². The lowest BCUT2D eigenvalue weighted by molar-refractivity contribution is -0.143. The van der Waals surface area contributed by atoms with Crippen molar-refractivity contribution in [1.82, 2.24) is 10.2 Å². The van der Waals surface area contributed by atoms with Crippen LogP contribution in [0.5, 0.6) is 5.75 Å². The zero-order valence-electron chi connectivity index (χ0n) is 20.4. The molecule has 0 radical (unpaired) electrons. The molecule has 1 atom stereocenters. The molecule has 0 spiro atoms. The standard InChI is InChI=1S/C28H29Cl3N2O3/c1-28(2,3)32-27(35)24(15-19-8-5-4-6-9-19)33(17-20-10-7-11-21(29)14-20)26(34)18-36-25-13-12-22(30)16-23(25)31/h4-14,16,24H,15,17-18H2,1-3H3,(H,32,35)/t24-/m1/s1. The molecule has 5 nitrogen and oxygen atoms in total. The number of ether oxygens (including phenoxy) is 1. The molecular formula is C28H29Cl3N2O3. The highest BCUT2D eigenvalue weighted by Gasteiger charge is 2.32. The minimum Gasteiger partial charge on any atom is -0.482 e. The molecule has 8 heteroatoms. The summed E-state index contributed by atoms with van der Waals surface area (Å²) in [5.74, 6) is -0.298. The molecule has 190 valence electrons. The lowest BCUT2D eigenvalue weighted by Gasteiger charge is -2.33. The van der Waals surface area contributed by atoms with Gasteiger partial charge in [0.05, 0.1) is 5.02 Å². The summed E-state index contributed by atoms with van der Waals surface area (Å²) in [5.41, 5.74) is 1.24. The quantitative estimate of drug-likeness (QED) is 0.329. The molecule has 0 saturated heterocycles. The highest BCUT2D eigenvalue weighted by Crippen LogP contribution is 2.28. The second kappa shape index (κ2) is 12.5. The topological polar surface area (TPSA) is 58.6 Å². The van der Waals surface area contributed by atoms with Crippen molar-refractivity contribution in [3.63, 3.8) is 0 Å². The number of carbonyl (C=O) groups is 2. The van der Waals surface area contributed by atoms with Crippen molar-refractivity contribution in [2.75, 3.05) is 6.61 Å². The lowest BCUT2D eigenvalue weighted by Crippen LogP contribution is -2.55. The fourth-order valence-electron chi connectivity index (χ4n) is 3.65. The Bertz CT molecular complexity index is 1200. The second-order valence-electron chi connectivity index (χ2n) is 9.46. The maximum absolute atomic E-state index is 13.6. The fourth-order valence-corrected chi connectivity index (χ4v) is 4.33. The van der Waals surface area contributed by atoms with Gasteiger partial charge in [-0.05, 0) is 62.2 Å². The van der Waals surface area contributed by atoms with Gasteiger partial charge >= 0.3 is 0 Å². The molecule has 3 aromatic carbocycles. The van der Waals surface area contributed by atoms with Crippen LogP contribution in [0.25, 0.3) is 0 Å². The third-order valence-electron chi connectivity index (χ3n) is 5.26. The third-order valence-corrected chi connectivity index (χ3v) is 6.02. The number of amides is 2. The van der Waals surface area contributed by atoms with Crippen LogP contribution in [0.1, 0.15) is 31.9 Å². The van der Waals surface area contributed by atoms with Crippen LogP contribution < -0.4 is 10.1 Å². The molecule has 0 aliphatic rings. The molecule has 36 heavy (non-hydrogen) atoms. The summed E-state index contributed by atoms with van der Waals surface area (Å²) in [6, 6.07) is 20.8. The van der Waals surface area contributed by atoms with Crippen LogP contribution in [0.15, 0.2) is 72.8 Å². The van der Waals surface area contributed by atoms with Gasteiger partial charge in [0.25, 0.3) is 5.91 Å². The zero-order chi connectivity index (χ0) is 26.3. The number of hydrogen-bond acceptors (Lipinski definition) is 3. The van der Waals surface area contributed by atoms with E-state index in [1.165, 1.54) is 4.90 Å². The average molecular weight is 548 g/mol. The van der Waals surface area contributed by atoms with E-state index in [2.05, 4.69) is 5.32 Å². The van der Waals surface area contributed by atoms with Crippen molar-refractivity contribution in [1.29, 1.82) is 0 Å². The summed E-state index contributed by atoms with van der Waals surface area (Å²) < 4.78 is 5.74. The molecule has 0 aliphatic heterocycles. The molecule has 0 bridgehead atoms. The lowest BCUT2D eigenvalue weighted by atomic mass is 10.0. The van der Waals surface area contributed by atoms with E-state index in [0.717, 1.165) is 11.1 Å². The summed E-state index contributed by atoms with van der Waals surface area (Å²) >= 11 is 18.4. The first-order chi connectivity index (χ1) is 17.0. The van der Waals surface area contributed by atoms with Gasteiger partial charge in [-0.2, -0.15) is 0 Å². The van der Waals surface area contributed by atoms with E-state index in [4.69, 9.17) is 39.5 Å². The minimum absolute atomic E-state index is 0.173. The summed E-state index contributed by atoms with van der Waals surface area (Å²) in [6.45, 7) is 5.57. The summed E-state index contributed by atoms with van der Waals surface area (Å²) in [7, 11) is 0. The van der Waals surface area contributed by atoms with E-state index in [-0.39, 0.29) is 25.0 Å². The molecule has 0 heterocycles. The number of nitrogens with zero attached hydrogens (tertiary/aromatic N) is 1. The van der Waals surface area contributed by atoms with E-state index >= 15 is 0 Å². The van der Waals surface area contributed by atoms with Gasteiger partial charge in [-0.1, -0.05) is 77.3 Å². The van der Waals surface area contributed by atoms with Crippen LogP contribution in [0.3, 0.4) is 0 Å². The molecule has 0 unspecified atom stereocenters. The van der Waals surface area contributed by atoms with Gasteiger partial charge in [0.15, 0.2) is 6.61 Å². The molecule has 0 aliphatic carbocycles. The highest BCUT2D eigenvalue weighted by atomic mass is 35.5. The highest BCUT2D eigenvalue weighted by molar-refractivity contribution is 6.35. The monoisotopic (exact) mass is 546 g/mol. The van der Waals surface area contributed by atoms with E-state index in [0.29, 0.717) is 27.2 Å². The van der Waals surface area contributed by atoms with Gasteiger partial charge in [-0.15, -0.1) is 0 Å². The van der Waals surface area contributed by atoms with Gasteiger partial charge in [0, 0.05) is 28.5 Å². The summed E-state index contributed by atoms with van der Waals surface area (Å²) in [5, 5.41) is 4.33. The molecular weight excluding hydrogens is 519 g/mol. The van der Waals surface area contributed by atoms with Crippen molar-refractivity contribution in [3.8, 4) is 5.75 Å². The van der Waals surface area contributed by atoms with Crippen LogP contribution in [0, 0.1) is 0 Å². The largest absolute Gasteiger partial charge is 0.482 e. The minimum atomic E-state index is -0.789. The Hall–Kier alpha value is -2.73. The van der Waals surface area contributed by atoms with Crippen LogP contribution in [0.4, 0.5) is 0 Å². The molecule has 0 fully saturated rings. The summed E-state index contributed by atoms with van der Waals surface area (Å²) in [4.78, 5) is 28.7. The van der Waals surface area contributed by atoms with Crippen LogP contribution in [-0.2, 0) is 22.6 Å². The number of carbonyl (C=O) groups excluding carboxylic acids is 2. The number of hydrogen-bond donors (Lipinski definition) is 1. The Labute approximate surface area is 227 Å². The Morgan fingerprint density at radius 3 is 2.19 bits per heavy atom. The molecule has 0 aromatic heterocycles. The Kier molecular flexibility index (Phi) is 9.66. The second-order valence-corrected chi connectivity index (χ2v) is 10.7. The van der Waals surface area contributed by atoms with Crippen LogP contribution in [-0.4, -0.2) is 34.9 Å². The first-order valence-corrected chi connectivity index (χ1v) is 12.6. The maximum atomic E-state index is 13.6. The molecule has 3 aromatic rings. The van der Waals surface area contributed by atoms with Crippen molar-refractivity contribution in [2.45, 2.75) is 45.3 Å². The Morgan fingerprint density at radius 1 is 0.889 bits per heavy atom. The fraction of sp³-hybridized carbons (Fsp3) is 0.286. The van der Waals surface area contributed by atoms with Gasteiger partial charge in [0.1, 0.15) is 11.8 Å². The Morgan fingerprint density at radius 2 is 1.56 bits per heavy atom. The van der Waals surface area contributed by atoms with E-state index in [1.807, 2.05) is 63.2 Å². The van der Waals surface area contributed by atoms with Crippen molar-refractivity contribution >= 4 is 46.6 Å². The summed E-state index contributed by atoms with van der Waals surface area (Å²) in [6.07, 6.45) is 0.330. The molecule has 3 rings (SSSR count). The Balaban J connectivity index is 1.94. The molecule has 0 saturated carbocycles. The van der Waals surface area contributed by atoms with E-state index in [1.54, 1.807) is 30.3 Å². The molecule has 2 amide bonds. The van der Waals surface area contributed by atoms with Crippen molar-refractivity contribution in [2.24, 2.45) is 0 Å². The van der Waals surface area contributed by atoms with Crippen molar-refractivity contribution < 1.29 is 14.3 Å². The van der Waals surface area contributed by atoms with Gasteiger partial charge in [-0.3, -0.25) is 9.59 Å². The number of rotatable bonds is 9. The number of benzene rings is 3. The predicted molar refractivity (Wildman–Crippen MR) is 146 cm³/mol. The smallest absolute Gasteiger partial charge is 0.261 e. The third kappa shape index (κ3) is 8.44. The van der Waals surface area contributed by atoms with E-state index in [9.17, 15) is 9.59 Å². The SMILES string of the molecule is CC(C)(C)NC(=O)[C@@H](Cc1ccccc1)N(Cc1cccc(Cl)c1)C(=O)COc1ccc(Cl)cc1Cl. The van der Waals surface area contributed by atoms with Gasteiger partial charge in [0.2, 0.25) is 5.91 Å². The first kappa shape index (κ1) is 27.9. The van der Waals surface area contributed by atoms with Crippen molar-refractivity contribution in [3.05, 3.63) is 99.0 Å². The maximum Gasteiger partial charge on any atom is 0.261 e. The average Bonchev–Trinajstić information content (AvgIpc) is 2.80. The first-order valence-electron chi connectivity index (χ1n) is 11.5. The van der Waals surface area contributed by atoms with E-state index < -0.39 is 11.6 Å². The number of halogens is 3.